The molecular weight excluding hydrogens is 652 g/mol. The maximum atomic E-state index is 14.5. The molecule has 10 heteroatoms. The molecule has 0 aliphatic carbocycles. The van der Waals surface area contributed by atoms with Crippen LogP contribution >= 0.6 is 0 Å². The molecular formula is C40H56F4O6. The van der Waals surface area contributed by atoms with Gasteiger partial charge in [0.15, 0.2) is 35.7 Å². The molecule has 0 atom stereocenters. The normalized spacial score (nSPS) is 20.9. The van der Waals surface area contributed by atoms with Gasteiger partial charge in [0.1, 0.15) is 0 Å². The molecule has 4 rings (SSSR count). The van der Waals surface area contributed by atoms with Gasteiger partial charge in [-0.1, -0.05) is 49.7 Å². The van der Waals surface area contributed by atoms with E-state index >= 15 is 0 Å². The largest absolute Gasteiger partial charge is 0.491 e. The van der Waals surface area contributed by atoms with Crippen molar-refractivity contribution < 1.29 is 46.0 Å². The Morgan fingerprint density at radius 1 is 0.560 bits per heavy atom. The molecule has 280 valence electrons. The van der Waals surface area contributed by atoms with Crippen molar-refractivity contribution in [2.75, 3.05) is 39.6 Å². The van der Waals surface area contributed by atoms with E-state index in [9.17, 15) is 17.6 Å². The molecule has 0 unspecified atom stereocenters. The molecule has 2 fully saturated rings. The highest BCUT2D eigenvalue weighted by molar-refractivity contribution is 5.33. The highest BCUT2D eigenvalue weighted by Gasteiger charge is 2.29. The molecule has 50 heavy (non-hydrogen) atoms. The van der Waals surface area contributed by atoms with Crippen molar-refractivity contribution >= 4 is 0 Å². The van der Waals surface area contributed by atoms with E-state index in [4.69, 9.17) is 28.4 Å². The lowest BCUT2D eigenvalue weighted by Crippen LogP contribution is -2.27. The second kappa shape index (κ2) is 21.0. The lowest BCUT2D eigenvalue weighted by atomic mass is 9.95. The van der Waals surface area contributed by atoms with Crippen LogP contribution in [0.15, 0.2) is 35.4 Å². The Kier molecular flexibility index (Phi) is 16.9. The molecule has 0 spiro atoms. The second-order valence-electron chi connectivity index (χ2n) is 13.7. The van der Waals surface area contributed by atoms with Gasteiger partial charge in [0, 0.05) is 23.0 Å². The summed E-state index contributed by atoms with van der Waals surface area (Å²) in [7, 11) is 0. The second-order valence-corrected chi connectivity index (χ2v) is 13.7. The summed E-state index contributed by atoms with van der Waals surface area (Å²) >= 11 is 0. The van der Waals surface area contributed by atoms with E-state index in [1.807, 2.05) is 0 Å². The van der Waals surface area contributed by atoms with Crippen LogP contribution in [0, 0.1) is 35.1 Å². The third-order valence-corrected chi connectivity index (χ3v) is 9.58. The summed E-state index contributed by atoms with van der Waals surface area (Å²) in [6.45, 7) is 10.3. The number of hydrogen-bond acceptors (Lipinski definition) is 6. The monoisotopic (exact) mass is 708 g/mol. The van der Waals surface area contributed by atoms with Crippen molar-refractivity contribution in [2.45, 2.75) is 117 Å². The minimum absolute atomic E-state index is 0.0688. The lowest BCUT2D eigenvalue weighted by Gasteiger charge is -2.30. The van der Waals surface area contributed by atoms with Gasteiger partial charge in [-0.3, -0.25) is 0 Å². The van der Waals surface area contributed by atoms with Crippen molar-refractivity contribution in [2.24, 2.45) is 11.8 Å². The number of rotatable bonds is 20. The first-order valence-electron chi connectivity index (χ1n) is 18.6. The Balaban J connectivity index is 1.02. The van der Waals surface area contributed by atoms with Crippen LogP contribution in [0.3, 0.4) is 0 Å². The van der Waals surface area contributed by atoms with E-state index in [-0.39, 0.29) is 47.7 Å². The Morgan fingerprint density at radius 2 is 0.940 bits per heavy atom. The summed E-state index contributed by atoms with van der Waals surface area (Å²) in [6.07, 6.45) is 11.7. The van der Waals surface area contributed by atoms with E-state index in [0.29, 0.717) is 26.4 Å². The summed E-state index contributed by atoms with van der Waals surface area (Å²) in [6, 6.07) is 5.77. The molecule has 2 aliphatic rings. The highest BCUT2D eigenvalue weighted by atomic mass is 19.2. The number of benzene rings is 2. The van der Waals surface area contributed by atoms with Crippen LogP contribution in [-0.2, 0) is 18.9 Å². The van der Waals surface area contributed by atoms with Gasteiger partial charge in [-0.2, -0.15) is 8.78 Å². The average Bonchev–Trinajstić information content (AvgIpc) is 3.11. The van der Waals surface area contributed by atoms with Crippen LogP contribution in [0.25, 0.3) is 0 Å². The molecule has 0 bridgehead atoms. The molecule has 2 aromatic carbocycles. The zero-order chi connectivity index (χ0) is 35.9. The summed E-state index contributed by atoms with van der Waals surface area (Å²) in [5.74, 6) is -3.68. The van der Waals surface area contributed by atoms with Gasteiger partial charge < -0.3 is 28.4 Å². The van der Waals surface area contributed by atoms with Gasteiger partial charge in [0.25, 0.3) is 0 Å². The molecule has 0 radical (unpaired) electrons. The van der Waals surface area contributed by atoms with Crippen LogP contribution in [0.1, 0.15) is 128 Å². The lowest BCUT2D eigenvalue weighted by molar-refractivity contribution is -0.207. The Hall–Kier alpha value is -2.66. The molecule has 0 amide bonds. The van der Waals surface area contributed by atoms with Gasteiger partial charge in [-0.25, -0.2) is 8.78 Å². The maximum Gasteiger partial charge on any atom is 0.201 e. The fourth-order valence-electron chi connectivity index (χ4n) is 6.65. The molecule has 0 saturated carbocycles. The van der Waals surface area contributed by atoms with Crippen molar-refractivity contribution in [3.63, 3.8) is 0 Å². The Morgan fingerprint density at radius 3 is 1.30 bits per heavy atom. The van der Waals surface area contributed by atoms with E-state index in [0.717, 1.165) is 51.4 Å². The predicted octanol–water partition coefficient (Wildman–Crippen LogP) is 11.1. The summed E-state index contributed by atoms with van der Waals surface area (Å²) in [5.41, 5.74) is 3.13. The van der Waals surface area contributed by atoms with E-state index in [2.05, 4.69) is 13.8 Å². The molecule has 0 aromatic heterocycles. The smallest absolute Gasteiger partial charge is 0.201 e. The number of hydrogen-bond donors (Lipinski definition) is 0. The van der Waals surface area contributed by atoms with Gasteiger partial charge in [-0.05, 0) is 90.5 Å². The first-order valence-corrected chi connectivity index (χ1v) is 18.6. The van der Waals surface area contributed by atoms with Gasteiger partial charge in [0.05, 0.1) is 39.6 Å². The standard InChI is InChI=1S/C40H56F4O6/c1-5-45-33-21-19-31(35(41)37(33)43)39-47-23-28(24-48-39)15-11-7-9-13-17-30(27(3)4)18-14-10-8-12-16-29-25-49-40(50-26-29)32-20-22-34(46-6-2)38(44)36(32)42/h19-22,28-29,39-40H,5-18,23-26H2,1-4H3. The molecule has 2 heterocycles. The van der Waals surface area contributed by atoms with Gasteiger partial charge in [0.2, 0.25) is 11.6 Å². The van der Waals surface area contributed by atoms with E-state index in [1.54, 1.807) is 19.4 Å². The predicted molar refractivity (Wildman–Crippen MR) is 185 cm³/mol. The van der Waals surface area contributed by atoms with Crippen LogP contribution < -0.4 is 9.47 Å². The molecule has 6 nitrogen and oxygen atoms in total. The number of ether oxygens (including phenoxy) is 6. The number of allylic oxidation sites excluding steroid dienone is 2. The third-order valence-electron chi connectivity index (χ3n) is 9.58. The van der Waals surface area contributed by atoms with Crippen LogP contribution in [0.5, 0.6) is 11.5 Å². The number of halogens is 4. The molecule has 2 aliphatic heterocycles. The Labute approximate surface area is 295 Å². The minimum Gasteiger partial charge on any atom is -0.491 e. The van der Waals surface area contributed by atoms with E-state index < -0.39 is 35.8 Å². The fraction of sp³-hybridized carbons (Fsp3) is 0.650. The summed E-state index contributed by atoms with van der Waals surface area (Å²) in [5, 5.41) is 0. The maximum absolute atomic E-state index is 14.5. The van der Waals surface area contributed by atoms with Gasteiger partial charge >= 0.3 is 0 Å². The molecule has 2 aromatic rings. The SMILES string of the molecule is CCOc1ccc(C2OCC(CCCCCCC(CCCCCCC3COC(c4ccc(OCC)c(F)c4F)OC3)=C(C)C)CO2)c(F)c1F. The summed E-state index contributed by atoms with van der Waals surface area (Å²) in [4.78, 5) is 0. The quantitative estimate of drug-likeness (QED) is 0.0775. The van der Waals surface area contributed by atoms with Crippen LogP contribution in [0.4, 0.5) is 17.6 Å². The summed E-state index contributed by atoms with van der Waals surface area (Å²) < 4.78 is 90.9. The zero-order valence-electron chi connectivity index (χ0n) is 30.3. The third kappa shape index (κ3) is 11.7. The van der Waals surface area contributed by atoms with Gasteiger partial charge in [-0.15, -0.1) is 0 Å². The number of unbranched alkanes of at least 4 members (excludes halogenated alkanes) is 6. The van der Waals surface area contributed by atoms with Crippen molar-refractivity contribution in [3.8, 4) is 11.5 Å². The van der Waals surface area contributed by atoms with Crippen molar-refractivity contribution in [3.05, 3.63) is 69.8 Å². The van der Waals surface area contributed by atoms with E-state index in [1.165, 1.54) is 55.5 Å². The molecule has 0 N–H and O–H groups in total. The zero-order valence-corrected chi connectivity index (χ0v) is 30.3. The van der Waals surface area contributed by atoms with Crippen LogP contribution in [0.2, 0.25) is 0 Å². The highest BCUT2D eigenvalue weighted by Crippen LogP contribution is 2.34. The topological polar surface area (TPSA) is 55.4 Å². The average molecular weight is 709 g/mol. The molecule has 2 saturated heterocycles. The fourth-order valence-corrected chi connectivity index (χ4v) is 6.65. The van der Waals surface area contributed by atoms with Crippen molar-refractivity contribution in [1.29, 1.82) is 0 Å². The first kappa shape index (κ1) is 40.1. The van der Waals surface area contributed by atoms with Crippen LogP contribution in [-0.4, -0.2) is 39.6 Å². The first-order chi connectivity index (χ1) is 24.2. The van der Waals surface area contributed by atoms with Crippen molar-refractivity contribution in [1.82, 2.24) is 0 Å². The Bertz CT molecular complexity index is 1250. The minimum atomic E-state index is -1.01.